The van der Waals surface area contributed by atoms with Gasteiger partial charge >= 0.3 is 0 Å². The molecule has 0 radical (unpaired) electrons. The first-order valence-electron chi connectivity index (χ1n) is 9.74. The summed E-state index contributed by atoms with van der Waals surface area (Å²) in [6.07, 6.45) is 0. The van der Waals surface area contributed by atoms with Crippen LogP contribution in [0.25, 0.3) is 0 Å². The molecular weight excluding hydrogens is 499 g/mol. The molecule has 0 aliphatic heterocycles. The van der Waals surface area contributed by atoms with Crippen LogP contribution in [0.4, 0.5) is 0 Å². The van der Waals surface area contributed by atoms with Gasteiger partial charge in [0.1, 0.15) is 18.1 Å². The molecule has 0 bridgehead atoms. The van der Waals surface area contributed by atoms with Crippen LogP contribution in [0.15, 0.2) is 39.7 Å². The lowest BCUT2D eigenvalue weighted by Gasteiger charge is -2.13. The van der Waals surface area contributed by atoms with Gasteiger partial charge in [-0.1, -0.05) is 12.1 Å². The standard InChI is InChI=1S/C21H30N4O4.HI/c1-4-23-21(25-14-17-8-9-18(29-17)20(22)26)24-13-16-7-6-15(3)12-19(16)28-11-10-27-5-2;/h6-9,12H,4-5,10-11,13-14H2,1-3H3,(H2,22,26)(H2,23,24,25);1H. The molecule has 0 spiro atoms. The zero-order chi connectivity index (χ0) is 21.1. The molecule has 0 aliphatic carbocycles. The third kappa shape index (κ3) is 8.62. The van der Waals surface area contributed by atoms with Crippen LogP contribution in [0, 0.1) is 6.92 Å². The van der Waals surface area contributed by atoms with Crippen molar-refractivity contribution in [1.82, 2.24) is 10.6 Å². The Labute approximate surface area is 194 Å². The molecule has 1 aromatic carbocycles. The lowest BCUT2D eigenvalue weighted by atomic mass is 10.1. The van der Waals surface area contributed by atoms with Crippen molar-refractivity contribution in [2.45, 2.75) is 33.9 Å². The van der Waals surface area contributed by atoms with Gasteiger partial charge in [-0.25, -0.2) is 4.99 Å². The van der Waals surface area contributed by atoms with E-state index in [-0.39, 0.29) is 29.7 Å². The van der Waals surface area contributed by atoms with E-state index in [0.717, 1.165) is 16.9 Å². The summed E-state index contributed by atoms with van der Waals surface area (Å²) >= 11 is 0. The number of hydrogen-bond donors (Lipinski definition) is 3. The Morgan fingerprint density at radius 1 is 1.17 bits per heavy atom. The van der Waals surface area contributed by atoms with E-state index in [0.29, 0.717) is 51.2 Å². The summed E-state index contributed by atoms with van der Waals surface area (Å²) in [5.41, 5.74) is 7.32. The smallest absolute Gasteiger partial charge is 0.284 e. The quantitative estimate of drug-likeness (QED) is 0.178. The fraction of sp³-hybridized carbons (Fsp3) is 0.429. The molecule has 1 heterocycles. The number of aryl methyl sites for hydroxylation is 1. The van der Waals surface area contributed by atoms with Crippen LogP contribution in [-0.4, -0.2) is 38.2 Å². The van der Waals surface area contributed by atoms with Crippen LogP contribution in [0.5, 0.6) is 5.75 Å². The maximum atomic E-state index is 11.1. The van der Waals surface area contributed by atoms with E-state index < -0.39 is 5.91 Å². The number of nitrogens with two attached hydrogens (primary N) is 1. The molecule has 0 aliphatic rings. The van der Waals surface area contributed by atoms with Crippen molar-refractivity contribution >= 4 is 35.8 Å². The Balaban J connectivity index is 0.00000450. The molecule has 2 rings (SSSR count). The zero-order valence-corrected chi connectivity index (χ0v) is 20.0. The van der Waals surface area contributed by atoms with Gasteiger partial charge in [0.05, 0.1) is 19.7 Å². The highest BCUT2D eigenvalue weighted by molar-refractivity contribution is 14.0. The average Bonchev–Trinajstić information content (AvgIpc) is 3.18. The number of rotatable bonds is 11. The second-order valence-electron chi connectivity index (χ2n) is 6.34. The molecule has 0 saturated carbocycles. The van der Waals surface area contributed by atoms with Crippen LogP contribution >= 0.6 is 24.0 Å². The SMILES string of the molecule is CCNC(=NCc1ccc(C)cc1OCCOCC)NCc1ccc(C(N)=O)o1.I. The molecule has 9 heteroatoms. The molecule has 8 nitrogen and oxygen atoms in total. The summed E-state index contributed by atoms with van der Waals surface area (Å²) in [6.45, 7) is 9.22. The fourth-order valence-electron chi connectivity index (χ4n) is 2.56. The summed E-state index contributed by atoms with van der Waals surface area (Å²) in [6, 6.07) is 9.33. The van der Waals surface area contributed by atoms with Gasteiger partial charge in [-0.2, -0.15) is 0 Å². The number of nitrogens with zero attached hydrogens (tertiary/aromatic N) is 1. The van der Waals surface area contributed by atoms with E-state index in [1.54, 1.807) is 12.1 Å². The minimum atomic E-state index is -0.590. The third-order valence-corrected chi connectivity index (χ3v) is 4.00. The van der Waals surface area contributed by atoms with Gasteiger partial charge in [-0.05, 0) is 44.5 Å². The van der Waals surface area contributed by atoms with E-state index in [2.05, 4.69) is 15.6 Å². The number of aliphatic imine (C=N–C) groups is 1. The van der Waals surface area contributed by atoms with Gasteiger partial charge in [-0.3, -0.25) is 4.79 Å². The highest BCUT2D eigenvalue weighted by Crippen LogP contribution is 2.21. The molecule has 0 fully saturated rings. The third-order valence-electron chi connectivity index (χ3n) is 4.00. The van der Waals surface area contributed by atoms with E-state index in [1.165, 1.54) is 0 Å². The summed E-state index contributed by atoms with van der Waals surface area (Å²) < 4.78 is 16.6. The van der Waals surface area contributed by atoms with Crippen LogP contribution in [-0.2, 0) is 17.8 Å². The number of ether oxygens (including phenoxy) is 2. The molecule has 2 aromatic rings. The van der Waals surface area contributed by atoms with Crippen LogP contribution in [0.2, 0.25) is 0 Å². The largest absolute Gasteiger partial charge is 0.491 e. The van der Waals surface area contributed by atoms with Gasteiger partial charge in [0.2, 0.25) is 0 Å². The van der Waals surface area contributed by atoms with E-state index in [4.69, 9.17) is 19.6 Å². The van der Waals surface area contributed by atoms with Gasteiger partial charge in [0, 0.05) is 18.7 Å². The number of amides is 1. The van der Waals surface area contributed by atoms with Crippen molar-refractivity contribution in [1.29, 1.82) is 0 Å². The first kappa shape index (κ1) is 25.8. The highest BCUT2D eigenvalue weighted by atomic mass is 127. The number of carbonyl (C=O) groups is 1. The predicted molar refractivity (Wildman–Crippen MR) is 127 cm³/mol. The maximum Gasteiger partial charge on any atom is 0.284 e. The van der Waals surface area contributed by atoms with Crippen molar-refractivity contribution in [3.63, 3.8) is 0 Å². The second-order valence-corrected chi connectivity index (χ2v) is 6.34. The Kier molecular flexibility index (Phi) is 11.9. The Hall–Kier alpha value is -2.27. The van der Waals surface area contributed by atoms with Crippen molar-refractivity contribution < 1.29 is 18.7 Å². The van der Waals surface area contributed by atoms with Crippen LogP contribution < -0.4 is 21.1 Å². The summed E-state index contributed by atoms with van der Waals surface area (Å²) in [5, 5.41) is 6.37. The molecule has 0 unspecified atom stereocenters. The molecule has 1 amide bonds. The predicted octanol–water partition coefficient (Wildman–Crippen LogP) is 2.98. The normalized spacial score (nSPS) is 11.0. The number of primary amides is 1. The van der Waals surface area contributed by atoms with Gasteiger partial charge < -0.3 is 30.3 Å². The summed E-state index contributed by atoms with van der Waals surface area (Å²) in [5.74, 6) is 1.58. The van der Waals surface area contributed by atoms with Crippen molar-refractivity contribution in [3.8, 4) is 5.75 Å². The molecule has 1 aromatic heterocycles. The summed E-state index contributed by atoms with van der Waals surface area (Å²) in [4.78, 5) is 15.8. The van der Waals surface area contributed by atoms with E-state index >= 15 is 0 Å². The molecule has 0 atom stereocenters. The van der Waals surface area contributed by atoms with Gasteiger partial charge in [-0.15, -0.1) is 24.0 Å². The minimum absolute atomic E-state index is 0. The number of benzene rings is 1. The lowest BCUT2D eigenvalue weighted by Crippen LogP contribution is -2.36. The Morgan fingerprint density at radius 3 is 2.63 bits per heavy atom. The monoisotopic (exact) mass is 530 g/mol. The first-order valence-corrected chi connectivity index (χ1v) is 9.74. The molecule has 4 N–H and O–H groups in total. The molecule has 0 saturated heterocycles. The number of guanidine groups is 1. The van der Waals surface area contributed by atoms with Gasteiger partial charge in [0.25, 0.3) is 5.91 Å². The fourth-order valence-corrected chi connectivity index (χ4v) is 2.56. The Bertz CT molecular complexity index is 823. The molecular formula is C21H31IN4O4. The number of furan rings is 1. The number of carbonyl (C=O) groups excluding carboxylic acids is 1. The topological polar surface area (TPSA) is 111 Å². The van der Waals surface area contributed by atoms with Crippen LogP contribution in [0.3, 0.4) is 0 Å². The average molecular weight is 530 g/mol. The zero-order valence-electron chi connectivity index (χ0n) is 17.7. The summed E-state index contributed by atoms with van der Waals surface area (Å²) in [7, 11) is 0. The molecule has 166 valence electrons. The van der Waals surface area contributed by atoms with Crippen molar-refractivity contribution in [2.75, 3.05) is 26.4 Å². The van der Waals surface area contributed by atoms with Crippen molar-refractivity contribution in [2.24, 2.45) is 10.7 Å². The maximum absolute atomic E-state index is 11.1. The molecule has 30 heavy (non-hydrogen) atoms. The van der Waals surface area contributed by atoms with Crippen LogP contribution in [0.1, 0.15) is 41.3 Å². The minimum Gasteiger partial charge on any atom is -0.491 e. The van der Waals surface area contributed by atoms with E-state index in [9.17, 15) is 4.79 Å². The Morgan fingerprint density at radius 2 is 1.97 bits per heavy atom. The number of halogens is 1. The second kappa shape index (κ2) is 13.9. The van der Waals surface area contributed by atoms with Crippen molar-refractivity contribution in [3.05, 3.63) is 53.0 Å². The van der Waals surface area contributed by atoms with Gasteiger partial charge in [0.15, 0.2) is 11.7 Å². The van der Waals surface area contributed by atoms with E-state index in [1.807, 2.05) is 39.0 Å². The first-order chi connectivity index (χ1) is 14.0. The highest BCUT2D eigenvalue weighted by Gasteiger charge is 2.08. The lowest BCUT2D eigenvalue weighted by molar-refractivity contribution is 0.0972. The number of nitrogens with one attached hydrogen (secondary N) is 2. The number of hydrogen-bond acceptors (Lipinski definition) is 5.